The first-order valence-electron chi connectivity index (χ1n) is 5.69. The molecule has 94 valence electrons. The predicted octanol–water partition coefficient (Wildman–Crippen LogP) is 2.75. The Hall–Kier alpha value is -1.09. The van der Waals surface area contributed by atoms with Crippen molar-refractivity contribution in [1.82, 2.24) is 5.32 Å². The molecule has 0 aliphatic heterocycles. The van der Waals surface area contributed by atoms with Crippen molar-refractivity contribution in [3.63, 3.8) is 0 Å². The molecule has 0 saturated carbocycles. The van der Waals surface area contributed by atoms with E-state index in [0.29, 0.717) is 23.9 Å². The van der Waals surface area contributed by atoms with Gasteiger partial charge in [-0.3, -0.25) is 4.79 Å². The fourth-order valence-corrected chi connectivity index (χ4v) is 1.83. The Morgan fingerprint density at radius 1 is 1.47 bits per heavy atom. The van der Waals surface area contributed by atoms with E-state index in [1.165, 1.54) is 6.07 Å². The van der Waals surface area contributed by atoms with Crippen LogP contribution in [0.4, 0.5) is 4.39 Å². The molecule has 17 heavy (non-hydrogen) atoms. The quantitative estimate of drug-likeness (QED) is 0.780. The summed E-state index contributed by atoms with van der Waals surface area (Å²) in [7, 11) is 0. The van der Waals surface area contributed by atoms with Crippen molar-refractivity contribution in [2.45, 2.75) is 19.8 Å². The first-order valence-corrected chi connectivity index (χ1v) is 6.23. The summed E-state index contributed by atoms with van der Waals surface area (Å²) in [6.45, 7) is 2.60. The highest BCUT2D eigenvalue weighted by atomic mass is 35.5. The molecular weight excluding hydrogens is 241 g/mol. The van der Waals surface area contributed by atoms with E-state index in [2.05, 4.69) is 5.32 Å². The second kappa shape index (κ2) is 7.28. The van der Waals surface area contributed by atoms with Gasteiger partial charge >= 0.3 is 0 Å². The Bertz CT molecular complexity index is 370. The van der Waals surface area contributed by atoms with E-state index < -0.39 is 0 Å². The first kappa shape index (κ1) is 14.0. The minimum atomic E-state index is -0.337. The minimum Gasteiger partial charge on any atom is -0.356 e. The number of carbonyl (C=O) groups excluding carboxylic acids is 1. The zero-order valence-electron chi connectivity index (χ0n) is 9.88. The van der Waals surface area contributed by atoms with Gasteiger partial charge in [-0.05, 0) is 24.0 Å². The molecule has 0 saturated heterocycles. The summed E-state index contributed by atoms with van der Waals surface area (Å²) in [6, 6.07) is 6.32. The van der Waals surface area contributed by atoms with Crippen LogP contribution in [0, 0.1) is 11.7 Å². The summed E-state index contributed by atoms with van der Waals surface area (Å²) in [4.78, 5) is 11.6. The van der Waals surface area contributed by atoms with Gasteiger partial charge in [0.2, 0.25) is 5.91 Å². The molecule has 1 N–H and O–H groups in total. The van der Waals surface area contributed by atoms with Crippen LogP contribution in [0.3, 0.4) is 0 Å². The zero-order chi connectivity index (χ0) is 12.7. The molecule has 4 heteroatoms. The lowest BCUT2D eigenvalue weighted by atomic mass is 10.1. The van der Waals surface area contributed by atoms with E-state index in [1.54, 1.807) is 18.2 Å². The minimum absolute atomic E-state index is 0.0836. The molecular formula is C13H17ClFNO. The Kier molecular flexibility index (Phi) is 5.98. The van der Waals surface area contributed by atoms with Gasteiger partial charge in [-0.2, -0.15) is 0 Å². The van der Waals surface area contributed by atoms with E-state index in [1.807, 2.05) is 6.92 Å². The summed E-state index contributed by atoms with van der Waals surface area (Å²) in [5.41, 5.74) is 0.426. The Morgan fingerprint density at radius 3 is 2.82 bits per heavy atom. The van der Waals surface area contributed by atoms with Crippen LogP contribution in [-0.2, 0) is 11.2 Å². The van der Waals surface area contributed by atoms with Crippen molar-refractivity contribution in [3.8, 4) is 0 Å². The van der Waals surface area contributed by atoms with E-state index in [-0.39, 0.29) is 18.1 Å². The van der Waals surface area contributed by atoms with Gasteiger partial charge in [-0.1, -0.05) is 25.1 Å². The highest BCUT2D eigenvalue weighted by Gasteiger charge is 2.08. The van der Waals surface area contributed by atoms with Gasteiger partial charge < -0.3 is 5.32 Å². The lowest BCUT2D eigenvalue weighted by Crippen LogP contribution is -2.30. The van der Waals surface area contributed by atoms with E-state index >= 15 is 0 Å². The number of nitrogens with one attached hydrogen (secondary N) is 1. The number of amides is 1. The summed E-state index contributed by atoms with van der Waals surface area (Å²) in [6.07, 6.45) is 0.946. The first-order chi connectivity index (χ1) is 8.13. The maximum Gasteiger partial charge on any atom is 0.224 e. The third-order valence-corrected chi connectivity index (χ3v) is 2.78. The molecule has 1 rings (SSSR count). The standard InChI is InChI=1S/C13H17ClFNO/c1-10(6-7-14)9-16-13(17)8-11-4-2-3-5-12(11)15/h2-5,10H,6-9H2,1H3,(H,16,17). The average molecular weight is 258 g/mol. The monoisotopic (exact) mass is 257 g/mol. The van der Waals surface area contributed by atoms with Gasteiger partial charge in [0.25, 0.3) is 0 Å². The largest absolute Gasteiger partial charge is 0.356 e. The van der Waals surface area contributed by atoms with Crippen LogP contribution in [0.1, 0.15) is 18.9 Å². The summed E-state index contributed by atoms with van der Waals surface area (Å²) in [5, 5.41) is 2.78. The van der Waals surface area contributed by atoms with E-state index in [4.69, 9.17) is 11.6 Å². The van der Waals surface area contributed by atoms with E-state index in [0.717, 1.165) is 6.42 Å². The molecule has 0 heterocycles. The van der Waals surface area contributed by atoms with Gasteiger partial charge in [0.15, 0.2) is 0 Å². The Labute approximate surface area is 106 Å². The van der Waals surface area contributed by atoms with Gasteiger partial charge in [-0.15, -0.1) is 11.6 Å². The van der Waals surface area contributed by atoms with Gasteiger partial charge in [0, 0.05) is 12.4 Å². The van der Waals surface area contributed by atoms with Crippen molar-refractivity contribution in [2.24, 2.45) is 5.92 Å². The molecule has 0 radical (unpaired) electrons. The van der Waals surface area contributed by atoms with Gasteiger partial charge in [0.05, 0.1) is 6.42 Å². The van der Waals surface area contributed by atoms with Crippen LogP contribution in [0.15, 0.2) is 24.3 Å². The van der Waals surface area contributed by atoms with Crippen LogP contribution < -0.4 is 5.32 Å². The number of hydrogen-bond acceptors (Lipinski definition) is 1. The number of halogens is 2. The molecule has 0 bridgehead atoms. The molecule has 0 fully saturated rings. The van der Waals surface area contributed by atoms with Crippen molar-refractivity contribution >= 4 is 17.5 Å². The second-order valence-corrected chi connectivity index (χ2v) is 4.53. The molecule has 0 aliphatic carbocycles. The predicted molar refractivity (Wildman–Crippen MR) is 67.6 cm³/mol. The Balaban J connectivity index is 2.37. The molecule has 0 spiro atoms. The highest BCUT2D eigenvalue weighted by molar-refractivity contribution is 6.17. The van der Waals surface area contributed by atoms with Crippen molar-refractivity contribution in [3.05, 3.63) is 35.6 Å². The summed E-state index contributed by atoms with van der Waals surface area (Å²) in [5.74, 6) is 0.440. The van der Waals surface area contributed by atoms with Crippen LogP contribution in [0.5, 0.6) is 0 Å². The zero-order valence-corrected chi connectivity index (χ0v) is 10.6. The normalized spacial score (nSPS) is 12.2. The van der Waals surface area contributed by atoms with Crippen molar-refractivity contribution in [1.29, 1.82) is 0 Å². The third kappa shape index (κ3) is 5.18. The topological polar surface area (TPSA) is 29.1 Å². The highest BCUT2D eigenvalue weighted by Crippen LogP contribution is 2.07. The summed E-state index contributed by atoms with van der Waals surface area (Å²) >= 11 is 5.60. The van der Waals surface area contributed by atoms with E-state index in [9.17, 15) is 9.18 Å². The SMILES string of the molecule is CC(CCCl)CNC(=O)Cc1ccccc1F. The number of hydrogen-bond donors (Lipinski definition) is 1. The number of rotatable bonds is 6. The lowest BCUT2D eigenvalue weighted by molar-refractivity contribution is -0.120. The summed E-state index contributed by atoms with van der Waals surface area (Å²) < 4.78 is 13.3. The van der Waals surface area contributed by atoms with Crippen LogP contribution in [-0.4, -0.2) is 18.3 Å². The maximum atomic E-state index is 13.3. The van der Waals surface area contributed by atoms with Crippen LogP contribution in [0.2, 0.25) is 0 Å². The molecule has 2 nitrogen and oxygen atoms in total. The lowest BCUT2D eigenvalue weighted by Gasteiger charge is -2.11. The maximum absolute atomic E-state index is 13.3. The number of benzene rings is 1. The molecule has 1 unspecified atom stereocenters. The third-order valence-electron chi connectivity index (χ3n) is 2.56. The van der Waals surface area contributed by atoms with Crippen molar-refractivity contribution in [2.75, 3.05) is 12.4 Å². The molecule has 0 aromatic heterocycles. The average Bonchev–Trinajstić information content (AvgIpc) is 2.30. The second-order valence-electron chi connectivity index (χ2n) is 4.16. The van der Waals surface area contributed by atoms with Gasteiger partial charge in [-0.25, -0.2) is 4.39 Å². The Morgan fingerprint density at radius 2 is 2.18 bits per heavy atom. The van der Waals surface area contributed by atoms with Crippen molar-refractivity contribution < 1.29 is 9.18 Å². The number of alkyl halides is 1. The van der Waals surface area contributed by atoms with Crippen LogP contribution in [0.25, 0.3) is 0 Å². The smallest absolute Gasteiger partial charge is 0.224 e. The van der Waals surface area contributed by atoms with Gasteiger partial charge in [0.1, 0.15) is 5.82 Å². The fraction of sp³-hybridized carbons (Fsp3) is 0.462. The van der Waals surface area contributed by atoms with Crippen LogP contribution >= 0.6 is 11.6 Å². The molecule has 1 amide bonds. The number of carbonyl (C=O) groups is 1. The molecule has 0 aliphatic rings. The fourth-order valence-electron chi connectivity index (χ4n) is 1.45. The molecule has 1 atom stereocenters. The molecule has 1 aromatic carbocycles. The molecule has 1 aromatic rings.